The van der Waals surface area contributed by atoms with E-state index in [1.807, 2.05) is 24.3 Å². The topological polar surface area (TPSA) is 604 Å². The van der Waals surface area contributed by atoms with Gasteiger partial charge in [-0.1, -0.05) is 73.9 Å². The summed E-state index contributed by atoms with van der Waals surface area (Å²) in [5.41, 5.74) is 1.23. The molecule has 0 spiro atoms. The highest BCUT2D eigenvalue weighted by Crippen LogP contribution is 2.41. The molecule has 40 heteroatoms. The average molecular weight is 1640 g/mol. The fourth-order valence-corrected chi connectivity index (χ4v) is 15.3. The van der Waals surface area contributed by atoms with Crippen LogP contribution in [0, 0.1) is 0 Å². The van der Waals surface area contributed by atoms with Crippen LogP contribution in [0.4, 0.5) is 0 Å². The van der Waals surface area contributed by atoms with Crippen LogP contribution in [0.2, 0.25) is 0 Å². The van der Waals surface area contributed by atoms with E-state index in [2.05, 4.69) is 40.3 Å². The van der Waals surface area contributed by atoms with Crippen LogP contribution in [-0.4, -0.2) is 386 Å². The van der Waals surface area contributed by atoms with Crippen molar-refractivity contribution in [2.45, 2.75) is 260 Å². The molecule has 5 aromatic rings. The van der Waals surface area contributed by atoms with Crippen LogP contribution < -0.4 is 9.47 Å². The molecular formula is C75H100N2O38. The van der Waals surface area contributed by atoms with Crippen molar-refractivity contribution in [1.29, 1.82) is 0 Å². The van der Waals surface area contributed by atoms with Gasteiger partial charge in [-0.05, 0) is 53.4 Å². The maximum absolute atomic E-state index is 12.9. The summed E-state index contributed by atoms with van der Waals surface area (Å²) in [6.45, 7) is -6.76. The van der Waals surface area contributed by atoms with E-state index in [0.717, 1.165) is 53.0 Å². The minimum Gasteiger partial charge on any atom is -0.492 e. The quantitative estimate of drug-likeness (QED) is 0.0184. The molecule has 0 radical (unpaired) electrons. The summed E-state index contributed by atoms with van der Waals surface area (Å²) < 4.78 is 100. The fraction of sp³-hybridized carbons (Fsp3) is 0.667. The Hall–Kier alpha value is -5.65. The molecular weight excluding hydrogens is 1540 g/mol. The molecule has 638 valence electrons. The number of hydrogen-bond acceptors (Lipinski definition) is 40. The van der Waals surface area contributed by atoms with E-state index < -0.39 is 267 Å². The second kappa shape index (κ2) is 39.3. The molecule has 20 N–H and O–H groups in total. The number of nitrogens with zero attached hydrogens (tertiary/aromatic N) is 2. The van der Waals surface area contributed by atoms with Gasteiger partial charge in [-0.3, -0.25) is 14.8 Å². The van der Waals surface area contributed by atoms with Crippen LogP contribution in [0.3, 0.4) is 0 Å². The van der Waals surface area contributed by atoms with Gasteiger partial charge in [-0.15, -0.1) is 0 Å². The van der Waals surface area contributed by atoms with Gasteiger partial charge in [0.1, 0.15) is 182 Å². The van der Waals surface area contributed by atoms with Crippen LogP contribution in [0.25, 0.3) is 32.9 Å². The summed E-state index contributed by atoms with van der Waals surface area (Å²) in [7, 11) is 0. The molecule has 26 rings (SSSR count). The Morgan fingerprint density at radius 3 is 0.983 bits per heavy atom. The summed E-state index contributed by atoms with van der Waals surface area (Å²) in [6.07, 6.45) is -64.3. The molecule has 40 nitrogen and oxygen atoms in total. The maximum atomic E-state index is 12.9. The summed E-state index contributed by atoms with van der Waals surface area (Å²) in [4.78, 5) is 21.8. The van der Waals surface area contributed by atoms with Gasteiger partial charge in [-0.2, -0.15) is 0 Å². The van der Waals surface area contributed by atoms with Crippen molar-refractivity contribution in [1.82, 2.24) is 9.97 Å². The Balaban J connectivity index is 0.679. The number of unbranched alkanes of at least 4 members (excludes halogenated alkanes) is 4. The standard InChI is InChI=1S/C75H100N2O38/c78-23-39-62-48(86)55(93)70(103-39)111-64-41(25-80)105-72(57(95)50(64)88)113-66-43(27-82)107-74(59(97)52(66)90)115-68-45(30-99-29-31-15-17-37(76-21-31)38-18-16-34(22-77-38)101-46(84)14-4-2-1-3-9-19-100-61-35-12-7-5-10-32(35)20-33-11-6-8-13-36(33)61)108-75(60(98)53(68)91)114-67-44(28-83)106-73(58(96)51(67)89)112-65-42(26-81)104-71(56(94)49(65)87)110-63-40(24-79)102-69(109-62)54(92)47(63)85/h5-8,10-13,15-18,20-22,39-45,47-60,62-75,78-83,85-98H,1-4,9,14,19,23-30H2/t39-,40-,41-,42-,43-,44-,45-,47-,48-,49-,50-,51-,52-,53-,54-,55-,56-,57-,58-,59-,60-,62-,63-,64-,65-,66-,67-,68-,69-,70-,71-,72-,73-,74-,75-/m1/s1. The third-order valence-electron chi connectivity index (χ3n) is 21.7. The molecule has 23 heterocycles. The van der Waals surface area contributed by atoms with Gasteiger partial charge in [0.25, 0.3) is 0 Å². The molecule has 0 unspecified atom stereocenters. The molecule has 115 heavy (non-hydrogen) atoms. The first-order valence-corrected chi connectivity index (χ1v) is 38.0. The van der Waals surface area contributed by atoms with Crippen LogP contribution in [0.5, 0.6) is 11.5 Å². The first-order valence-electron chi connectivity index (χ1n) is 38.0. The number of aliphatic hydroxyl groups excluding tert-OH is 20. The lowest BCUT2D eigenvalue weighted by molar-refractivity contribution is -0.397. The van der Waals surface area contributed by atoms with Gasteiger partial charge < -0.3 is 183 Å². The van der Waals surface area contributed by atoms with Crippen molar-refractivity contribution in [3.05, 3.63) is 96.8 Å². The molecule has 2 aromatic heterocycles. The van der Waals surface area contributed by atoms with Crippen LogP contribution in [-0.2, 0) is 82.5 Å². The van der Waals surface area contributed by atoms with Crippen LogP contribution in [0.15, 0.2) is 91.3 Å². The van der Waals surface area contributed by atoms with Gasteiger partial charge in [0.2, 0.25) is 0 Å². The molecule has 21 aliphatic rings. The van der Waals surface area contributed by atoms with Gasteiger partial charge in [0.05, 0.1) is 77.0 Å². The Labute approximate surface area is 655 Å². The van der Waals surface area contributed by atoms with E-state index in [0.29, 0.717) is 30.0 Å². The minimum atomic E-state index is -2.26. The molecule has 0 amide bonds. The Morgan fingerprint density at radius 2 is 0.652 bits per heavy atom. The Bertz CT molecular complexity index is 3810. The molecule has 21 fully saturated rings. The second-order valence-corrected chi connectivity index (χ2v) is 29.4. The highest BCUT2D eigenvalue weighted by Gasteiger charge is 2.60. The summed E-state index contributed by atoms with van der Waals surface area (Å²) in [6, 6.07) is 24.9. The van der Waals surface area contributed by atoms with Crippen molar-refractivity contribution in [3.63, 3.8) is 0 Å². The number of esters is 1. The minimum absolute atomic E-state index is 0.196. The van der Waals surface area contributed by atoms with E-state index in [-0.39, 0.29) is 18.8 Å². The molecule has 35 atom stereocenters. The SMILES string of the molecule is O=C(CCCCCCCOc1c2ccccc2cc2ccccc12)Oc1ccc(-c2ccc(COC[C@H]3O[C@@H]4O[C@H]5[C@H](O)[C@@H](O)[C@@H](O[C@H]6[C@H](O)[C@@H](O)[C@@H](O[C@H]7[C@H](O)[C@@H](O)[C@@H](O[C@H]8[C@H](O)[C@@H](O)[C@@H](O[C@H]9[C@H](O)[C@@H](O)[C@@H](O[C@H]%10[C@H](O)[C@@H](O)[C@@H](O[C@H]3[C@H](O)[C@H]4O)O[C@@H]%10CO)O[C@@H]9CO)O[C@@H]8CO)O[C@@H]7CO)O[C@@H]6CO)O[C@@H]5CO)cn2)nc1. The summed E-state index contributed by atoms with van der Waals surface area (Å²) in [5.74, 6) is 0.672. The molecule has 21 saturated heterocycles. The smallest absolute Gasteiger partial charge is 0.311 e. The molecule has 0 aliphatic carbocycles. The second-order valence-electron chi connectivity index (χ2n) is 29.4. The number of ether oxygens (including phenoxy) is 17. The number of carbonyl (C=O) groups excluding carboxylic acids is 1. The maximum Gasteiger partial charge on any atom is 0.311 e. The van der Waals surface area contributed by atoms with Crippen LogP contribution in [0.1, 0.15) is 44.1 Å². The zero-order chi connectivity index (χ0) is 81.6. The Kier molecular flexibility index (Phi) is 29.8. The lowest BCUT2D eigenvalue weighted by Crippen LogP contribution is -2.68. The first kappa shape index (κ1) is 87.2. The number of aliphatic hydroxyl groups is 20. The number of fused-ring (bicyclic) bond motifs is 2. The van der Waals surface area contributed by atoms with Crippen LogP contribution >= 0.6 is 0 Å². The zero-order valence-corrected chi connectivity index (χ0v) is 61.7. The van der Waals surface area contributed by atoms with Crippen molar-refractivity contribution in [2.75, 3.05) is 52.9 Å². The van der Waals surface area contributed by atoms with E-state index in [1.54, 1.807) is 24.3 Å². The number of rotatable bonds is 21. The lowest BCUT2D eigenvalue weighted by Gasteiger charge is -2.50. The highest BCUT2D eigenvalue weighted by molar-refractivity contribution is 6.05. The van der Waals surface area contributed by atoms with Gasteiger partial charge in [0.15, 0.2) is 44.0 Å². The normalized spacial score (nSPS) is 40.9. The Morgan fingerprint density at radius 1 is 0.339 bits per heavy atom. The van der Waals surface area contributed by atoms with E-state index in [1.165, 1.54) is 12.4 Å². The van der Waals surface area contributed by atoms with Gasteiger partial charge in [0, 0.05) is 23.4 Å². The number of hydrogen-bond donors (Lipinski definition) is 20. The highest BCUT2D eigenvalue weighted by atomic mass is 16.8. The third kappa shape index (κ3) is 19.1. The fourth-order valence-electron chi connectivity index (χ4n) is 15.3. The summed E-state index contributed by atoms with van der Waals surface area (Å²) in [5, 5.41) is 231. The van der Waals surface area contributed by atoms with E-state index in [4.69, 9.17) is 80.5 Å². The largest absolute Gasteiger partial charge is 0.492 e. The molecule has 14 bridgehead atoms. The van der Waals surface area contributed by atoms with E-state index >= 15 is 0 Å². The monoisotopic (exact) mass is 1640 g/mol. The summed E-state index contributed by atoms with van der Waals surface area (Å²) >= 11 is 0. The van der Waals surface area contributed by atoms with Crippen molar-refractivity contribution >= 4 is 27.5 Å². The number of carbonyl (C=O) groups is 1. The van der Waals surface area contributed by atoms with Crippen molar-refractivity contribution in [2.24, 2.45) is 0 Å². The average Bonchev–Trinajstić information content (AvgIpc) is 0.844. The molecule has 0 saturated carbocycles. The predicted octanol–water partition coefficient (Wildman–Crippen LogP) is -6.92. The lowest BCUT2D eigenvalue weighted by atomic mass is 9.95. The molecule has 3 aromatic carbocycles. The number of aromatic nitrogens is 2. The number of benzene rings is 3. The van der Waals surface area contributed by atoms with E-state index in [9.17, 15) is 107 Å². The third-order valence-corrected chi connectivity index (χ3v) is 21.7. The van der Waals surface area contributed by atoms with Gasteiger partial charge in [-0.25, -0.2) is 0 Å². The van der Waals surface area contributed by atoms with Crippen molar-refractivity contribution < 1.29 is 187 Å². The first-order chi connectivity index (χ1) is 55.4. The van der Waals surface area contributed by atoms with Crippen molar-refractivity contribution in [3.8, 4) is 22.9 Å². The zero-order valence-electron chi connectivity index (χ0n) is 61.7. The van der Waals surface area contributed by atoms with Gasteiger partial charge >= 0.3 is 5.97 Å². The predicted molar refractivity (Wildman–Crippen MR) is 379 cm³/mol. The number of pyridine rings is 2. The molecule has 21 aliphatic heterocycles.